The molecule has 0 atom stereocenters. The van der Waals surface area contributed by atoms with Crippen LogP contribution >= 0.6 is 0 Å². The van der Waals surface area contributed by atoms with Crippen molar-refractivity contribution in [3.8, 4) is 16.9 Å². The third-order valence-electron chi connectivity index (χ3n) is 5.97. The van der Waals surface area contributed by atoms with Crippen molar-refractivity contribution in [1.82, 2.24) is 10.2 Å². The van der Waals surface area contributed by atoms with E-state index in [0.717, 1.165) is 28.7 Å². The Morgan fingerprint density at radius 1 is 0.944 bits per heavy atom. The van der Waals surface area contributed by atoms with Crippen LogP contribution in [0, 0.1) is 5.92 Å². The third-order valence-corrected chi connectivity index (χ3v) is 5.97. The average molecular weight is 488 g/mol. The molecular formula is C30H37N3O3. The Kier molecular flexibility index (Phi) is 10.1. The molecule has 0 aliphatic rings. The Labute approximate surface area is 214 Å². The van der Waals surface area contributed by atoms with E-state index in [2.05, 4.69) is 25.2 Å². The molecule has 0 bridgehead atoms. The highest BCUT2D eigenvalue weighted by atomic mass is 16.3. The van der Waals surface area contributed by atoms with Gasteiger partial charge in [0.25, 0.3) is 5.91 Å². The molecule has 0 saturated carbocycles. The Balaban J connectivity index is 1.75. The number of carbonyl (C=O) groups excluding carboxylic acids is 2. The summed E-state index contributed by atoms with van der Waals surface area (Å²) in [5, 5.41) is 12.4. The number of phenols is 1. The van der Waals surface area contributed by atoms with Gasteiger partial charge in [-0.25, -0.2) is 0 Å². The first-order chi connectivity index (χ1) is 17.4. The van der Waals surface area contributed by atoms with Gasteiger partial charge in [0, 0.05) is 31.6 Å². The van der Waals surface area contributed by atoms with Crippen molar-refractivity contribution in [1.29, 1.82) is 0 Å². The van der Waals surface area contributed by atoms with Crippen LogP contribution in [0.5, 0.6) is 5.75 Å². The van der Waals surface area contributed by atoms with Crippen molar-refractivity contribution in [2.24, 2.45) is 11.7 Å². The van der Waals surface area contributed by atoms with Crippen molar-refractivity contribution in [2.45, 2.75) is 39.7 Å². The summed E-state index contributed by atoms with van der Waals surface area (Å²) in [7, 11) is 0. The van der Waals surface area contributed by atoms with Gasteiger partial charge in [-0.1, -0.05) is 56.3 Å². The molecule has 0 saturated heterocycles. The van der Waals surface area contributed by atoms with Crippen LogP contribution in [0.4, 0.5) is 0 Å². The molecule has 4 N–H and O–H groups in total. The van der Waals surface area contributed by atoms with Gasteiger partial charge in [0.15, 0.2) is 0 Å². The molecule has 6 nitrogen and oxygen atoms in total. The fraction of sp³-hybridized carbons (Fsp3) is 0.333. The molecule has 0 fully saturated rings. The van der Waals surface area contributed by atoms with E-state index in [1.807, 2.05) is 53.4 Å². The van der Waals surface area contributed by atoms with Gasteiger partial charge < -0.3 is 21.1 Å². The van der Waals surface area contributed by atoms with Gasteiger partial charge in [-0.05, 0) is 77.9 Å². The summed E-state index contributed by atoms with van der Waals surface area (Å²) in [5.74, 6) is 0.533. The number of benzene rings is 3. The monoisotopic (exact) mass is 487 g/mol. The highest BCUT2D eigenvalue weighted by Crippen LogP contribution is 2.23. The van der Waals surface area contributed by atoms with Gasteiger partial charge in [-0.15, -0.1) is 0 Å². The topological polar surface area (TPSA) is 95.7 Å². The summed E-state index contributed by atoms with van der Waals surface area (Å²) in [6, 6.07) is 22.8. The molecule has 0 unspecified atom stereocenters. The molecule has 0 spiro atoms. The van der Waals surface area contributed by atoms with Crippen LogP contribution in [0.3, 0.4) is 0 Å². The maximum Gasteiger partial charge on any atom is 0.251 e. The summed E-state index contributed by atoms with van der Waals surface area (Å²) in [6.07, 6.45) is 1.95. The standard InChI is InChI=1S/C30H37N3O3/c1-22(2)18-29(35)33(17-14-23-10-12-28(34)13-11-23)21-24-6-3-7-25(19-24)26-8-4-9-27(20-26)30(36)32-16-5-15-31/h3-4,6-13,19-20,22,34H,5,14-18,21,31H2,1-2H3,(H,32,36). The van der Waals surface area contributed by atoms with Crippen LogP contribution in [-0.4, -0.2) is 41.5 Å². The molecular weight excluding hydrogens is 450 g/mol. The SMILES string of the molecule is CC(C)CC(=O)N(CCc1ccc(O)cc1)Cc1cccc(-c2cccc(C(=O)NCCCN)c2)c1. The van der Waals surface area contributed by atoms with E-state index >= 15 is 0 Å². The van der Waals surface area contributed by atoms with Crippen LogP contribution in [-0.2, 0) is 17.8 Å². The van der Waals surface area contributed by atoms with Gasteiger partial charge in [0.2, 0.25) is 5.91 Å². The summed E-state index contributed by atoms with van der Waals surface area (Å²) >= 11 is 0. The zero-order valence-electron chi connectivity index (χ0n) is 21.2. The maximum atomic E-state index is 13.0. The van der Waals surface area contributed by atoms with Gasteiger partial charge in [0.05, 0.1) is 0 Å². The lowest BCUT2D eigenvalue weighted by Crippen LogP contribution is -2.33. The largest absolute Gasteiger partial charge is 0.508 e. The zero-order valence-corrected chi connectivity index (χ0v) is 21.2. The summed E-state index contributed by atoms with van der Waals surface area (Å²) in [5.41, 5.74) is 10.2. The fourth-order valence-electron chi connectivity index (χ4n) is 4.01. The van der Waals surface area contributed by atoms with E-state index in [1.54, 1.807) is 18.2 Å². The highest BCUT2D eigenvalue weighted by molar-refractivity contribution is 5.95. The molecule has 3 rings (SSSR count). The Hall–Kier alpha value is -3.64. The van der Waals surface area contributed by atoms with Crippen LogP contribution in [0.25, 0.3) is 11.1 Å². The van der Waals surface area contributed by atoms with Crippen LogP contribution < -0.4 is 11.1 Å². The zero-order chi connectivity index (χ0) is 25.9. The first-order valence-corrected chi connectivity index (χ1v) is 12.6. The minimum Gasteiger partial charge on any atom is -0.508 e. The molecule has 0 radical (unpaired) electrons. The number of carbonyl (C=O) groups is 2. The normalized spacial score (nSPS) is 10.9. The summed E-state index contributed by atoms with van der Waals surface area (Å²) in [6.45, 7) is 6.31. The first kappa shape index (κ1) is 27.0. The molecule has 0 aromatic heterocycles. The third kappa shape index (κ3) is 8.24. The van der Waals surface area contributed by atoms with E-state index in [4.69, 9.17) is 5.73 Å². The van der Waals surface area contributed by atoms with E-state index in [0.29, 0.717) is 44.6 Å². The average Bonchev–Trinajstić information content (AvgIpc) is 2.87. The predicted octanol–water partition coefficient (Wildman–Crippen LogP) is 4.76. The fourth-order valence-corrected chi connectivity index (χ4v) is 4.01. The van der Waals surface area contributed by atoms with E-state index < -0.39 is 0 Å². The van der Waals surface area contributed by atoms with Crippen molar-refractivity contribution >= 4 is 11.8 Å². The lowest BCUT2D eigenvalue weighted by Gasteiger charge is -2.24. The number of nitrogens with one attached hydrogen (secondary N) is 1. The molecule has 3 aromatic rings. The minimum absolute atomic E-state index is 0.110. The number of hydrogen-bond donors (Lipinski definition) is 3. The lowest BCUT2D eigenvalue weighted by atomic mass is 10.00. The summed E-state index contributed by atoms with van der Waals surface area (Å²) < 4.78 is 0. The van der Waals surface area contributed by atoms with Gasteiger partial charge >= 0.3 is 0 Å². The second kappa shape index (κ2) is 13.4. The molecule has 36 heavy (non-hydrogen) atoms. The Bertz CT molecular complexity index is 1140. The number of rotatable bonds is 12. The van der Waals surface area contributed by atoms with Crippen LogP contribution in [0.1, 0.15) is 48.2 Å². The molecule has 3 aromatic carbocycles. The van der Waals surface area contributed by atoms with Crippen molar-refractivity contribution in [2.75, 3.05) is 19.6 Å². The first-order valence-electron chi connectivity index (χ1n) is 12.6. The maximum absolute atomic E-state index is 13.0. The number of amides is 2. The lowest BCUT2D eigenvalue weighted by molar-refractivity contribution is -0.132. The van der Waals surface area contributed by atoms with E-state index in [9.17, 15) is 14.7 Å². The molecule has 0 heterocycles. The smallest absolute Gasteiger partial charge is 0.251 e. The van der Waals surface area contributed by atoms with Gasteiger partial charge in [-0.3, -0.25) is 9.59 Å². The number of aromatic hydroxyl groups is 1. The summed E-state index contributed by atoms with van der Waals surface area (Å²) in [4.78, 5) is 27.4. The van der Waals surface area contributed by atoms with Crippen LogP contribution in [0.2, 0.25) is 0 Å². The highest BCUT2D eigenvalue weighted by Gasteiger charge is 2.16. The molecule has 0 aliphatic carbocycles. The minimum atomic E-state index is -0.110. The molecule has 2 amide bonds. The number of nitrogens with two attached hydrogens (primary N) is 1. The number of hydrogen-bond acceptors (Lipinski definition) is 4. The number of phenolic OH excluding ortho intramolecular Hbond substituents is 1. The van der Waals surface area contributed by atoms with Gasteiger partial charge in [0.1, 0.15) is 5.75 Å². The van der Waals surface area contributed by atoms with E-state index in [1.165, 1.54) is 0 Å². The van der Waals surface area contributed by atoms with Gasteiger partial charge in [-0.2, -0.15) is 0 Å². The molecule has 0 aliphatic heterocycles. The predicted molar refractivity (Wildman–Crippen MR) is 145 cm³/mol. The quantitative estimate of drug-likeness (QED) is 0.321. The number of nitrogens with zero attached hydrogens (tertiary/aromatic N) is 1. The molecule has 190 valence electrons. The van der Waals surface area contributed by atoms with E-state index in [-0.39, 0.29) is 23.5 Å². The van der Waals surface area contributed by atoms with Crippen molar-refractivity contribution < 1.29 is 14.7 Å². The van der Waals surface area contributed by atoms with Crippen molar-refractivity contribution in [3.63, 3.8) is 0 Å². The Morgan fingerprint density at radius 2 is 1.64 bits per heavy atom. The Morgan fingerprint density at radius 3 is 2.33 bits per heavy atom. The second-order valence-electron chi connectivity index (χ2n) is 9.51. The molecule has 6 heteroatoms. The van der Waals surface area contributed by atoms with Crippen LogP contribution in [0.15, 0.2) is 72.8 Å². The second-order valence-corrected chi connectivity index (χ2v) is 9.51. The van der Waals surface area contributed by atoms with Crippen molar-refractivity contribution in [3.05, 3.63) is 89.5 Å².